The smallest absolute Gasteiger partial charge is 0.260 e. The summed E-state index contributed by atoms with van der Waals surface area (Å²) >= 11 is 0. The number of aromatic nitrogens is 2. The highest BCUT2D eigenvalue weighted by atomic mass is 16.3. The second-order valence-electron chi connectivity index (χ2n) is 6.75. The Morgan fingerprint density at radius 3 is 2.93 bits per heavy atom. The Balaban J connectivity index is 1.45. The van der Waals surface area contributed by atoms with Crippen molar-refractivity contribution >= 4 is 22.8 Å². The lowest BCUT2D eigenvalue weighted by Gasteiger charge is -2.18. The first-order valence-corrected chi connectivity index (χ1v) is 9.18. The zero-order valence-electron chi connectivity index (χ0n) is 15.1. The predicted octanol–water partition coefficient (Wildman–Crippen LogP) is 3.92. The van der Waals surface area contributed by atoms with Gasteiger partial charge in [-0.3, -0.25) is 14.7 Å². The molecule has 1 aromatic carbocycles. The SMILES string of the molecule is O=C(c1cnc2[nH]cc(-c3ccoc3)c2c1)N1CCN=C1Cc1ccccc1. The molecule has 3 aromatic heterocycles. The van der Waals surface area contributed by atoms with Gasteiger partial charge in [-0.25, -0.2) is 4.98 Å². The normalized spacial score (nSPS) is 13.9. The van der Waals surface area contributed by atoms with E-state index in [9.17, 15) is 4.79 Å². The van der Waals surface area contributed by atoms with E-state index in [-0.39, 0.29) is 5.91 Å². The number of nitrogens with one attached hydrogen (secondary N) is 1. The summed E-state index contributed by atoms with van der Waals surface area (Å²) in [5, 5.41) is 0.896. The predicted molar refractivity (Wildman–Crippen MR) is 107 cm³/mol. The van der Waals surface area contributed by atoms with Gasteiger partial charge in [0.25, 0.3) is 5.91 Å². The van der Waals surface area contributed by atoms with E-state index in [1.54, 1.807) is 23.6 Å². The molecular formula is C22H18N4O2. The third-order valence-corrected chi connectivity index (χ3v) is 4.99. The van der Waals surface area contributed by atoms with Crippen molar-refractivity contribution < 1.29 is 9.21 Å². The van der Waals surface area contributed by atoms with Crippen LogP contribution in [0.15, 0.2) is 76.8 Å². The number of amidine groups is 1. The Labute approximate surface area is 161 Å². The highest BCUT2D eigenvalue weighted by molar-refractivity contribution is 6.09. The minimum Gasteiger partial charge on any atom is -0.472 e. The first-order chi connectivity index (χ1) is 13.8. The largest absolute Gasteiger partial charge is 0.472 e. The standard InChI is InChI=1S/C22H18N4O2/c27-22(26-8-7-23-20(26)10-15-4-2-1-3-5-15)17-11-18-19(16-6-9-28-14-16)13-25-21(18)24-12-17/h1-6,9,11-14H,7-8,10H2,(H,24,25). The quantitative estimate of drug-likeness (QED) is 0.592. The minimum absolute atomic E-state index is 0.0686. The van der Waals surface area contributed by atoms with Gasteiger partial charge in [0.2, 0.25) is 0 Å². The van der Waals surface area contributed by atoms with Crippen molar-refractivity contribution in [1.82, 2.24) is 14.9 Å². The Kier molecular flexibility index (Phi) is 4.01. The second-order valence-corrected chi connectivity index (χ2v) is 6.75. The Morgan fingerprint density at radius 1 is 1.21 bits per heavy atom. The van der Waals surface area contributed by atoms with Gasteiger partial charge in [-0.1, -0.05) is 30.3 Å². The number of H-pyrrole nitrogens is 1. The maximum absolute atomic E-state index is 13.2. The van der Waals surface area contributed by atoms with E-state index in [0.717, 1.165) is 33.6 Å². The molecule has 1 aliphatic heterocycles. The van der Waals surface area contributed by atoms with Crippen molar-refractivity contribution in [1.29, 1.82) is 0 Å². The Bertz CT molecular complexity index is 1160. The Morgan fingerprint density at radius 2 is 2.11 bits per heavy atom. The van der Waals surface area contributed by atoms with Crippen molar-refractivity contribution in [3.63, 3.8) is 0 Å². The molecule has 5 rings (SSSR count). The van der Waals surface area contributed by atoms with Gasteiger partial charge in [0.1, 0.15) is 11.5 Å². The molecule has 0 atom stereocenters. The molecule has 1 N–H and O–H groups in total. The summed E-state index contributed by atoms with van der Waals surface area (Å²) in [7, 11) is 0. The van der Waals surface area contributed by atoms with E-state index >= 15 is 0 Å². The summed E-state index contributed by atoms with van der Waals surface area (Å²) in [5.41, 5.74) is 4.35. The van der Waals surface area contributed by atoms with E-state index < -0.39 is 0 Å². The van der Waals surface area contributed by atoms with Crippen LogP contribution < -0.4 is 0 Å². The molecule has 4 aromatic rings. The fraction of sp³-hybridized carbons (Fsp3) is 0.136. The third kappa shape index (κ3) is 2.89. The van der Waals surface area contributed by atoms with Crippen LogP contribution in [0.4, 0.5) is 0 Å². The van der Waals surface area contributed by atoms with Crippen LogP contribution in [0.5, 0.6) is 0 Å². The number of aliphatic imine (C=N–C) groups is 1. The fourth-order valence-corrected chi connectivity index (χ4v) is 3.57. The molecule has 1 aliphatic rings. The van der Waals surface area contributed by atoms with Gasteiger partial charge in [0, 0.05) is 41.9 Å². The number of pyridine rings is 1. The van der Waals surface area contributed by atoms with E-state index in [0.29, 0.717) is 25.1 Å². The van der Waals surface area contributed by atoms with Crippen molar-refractivity contribution in [2.75, 3.05) is 13.1 Å². The lowest BCUT2D eigenvalue weighted by atomic mass is 10.1. The van der Waals surface area contributed by atoms with Gasteiger partial charge in [-0.15, -0.1) is 0 Å². The Hall–Kier alpha value is -3.67. The molecule has 6 heteroatoms. The first kappa shape index (κ1) is 16.5. The number of carbonyl (C=O) groups is 1. The molecule has 6 nitrogen and oxygen atoms in total. The molecule has 0 fully saturated rings. The number of amides is 1. The van der Waals surface area contributed by atoms with Crippen molar-refractivity contribution in [3.05, 3.63) is 78.5 Å². The molecule has 0 bridgehead atoms. The lowest BCUT2D eigenvalue weighted by Crippen LogP contribution is -2.35. The van der Waals surface area contributed by atoms with Crippen LogP contribution in [0.3, 0.4) is 0 Å². The van der Waals surface area contributed by atoms with Gasteiger partial charge < -0.3 is 9.40 Å². The van der Waals surface area contributed by atoms with Crippen LogP contribution in [0.25, 0.3) is 22.2 Å². The number of nitrogens with zero attached hydrogens (tertiary/aromatic N) is 3. The number of fused-ring (bicyclic) bond motifs is 1. The van der Waals surface area contributed by atoms with E-state index in [4.69, 9.17) is 4.42 Å². The highest BCUT2D eigenvalue weighted by Crippen LogP contribution is 2.29. The summed E-state index contributed by atoms with van der Waals surface area (Å²) in [6, 6.07) is 13.9. The molecule has 0 spiro atoms. The molecule has 28 heavy (non-hydrogen) atoms. The first-order valence-electron chi connectivity index (χ1n) is 9.18. The number of aromatic amines is 1. The number of benzene rings is 1. The second kappa shape index (κ2) is 6.81. The molecule has 0 radical (unpaired) electrons. The van der Waals surface area contributed by atoms with Crippen LogP contribution in [0, 0.1) is 0 Å². The van der Waals surface area contributed by atoms with Gasteiger partial charge in [-0.05, 0) is 17.7 Å². The van der Waals surface area contributed by atoms with E-state index in [1.165, 1.54) is 0 Å². The molecule has 4 heterocycles. The topological polar surface area (TPSA) is 74.5 Å². The monoisotopic (exact) mass is 370 g/mol. The van der Waals surface area contributed by atoms with Gasteiger partial charge >= 0.3 is 0 Å². The van der Waals surface area contributed by atoms with E-state index in [2.05, 4.69) is 15.0 Å². The molecule has 1 amide bonds. The van der Waals surface area contributed by atoms with Gasteiger partial charge in [-0.2, -0.15) is 0 Å². The summed E-state index contributed by atoms with van der Waals surface area (Å²) in [4.78, 5) is 27.1. The van der Waals surface area contributed by atoms with Crippen LogP contribution >= 0.6 is 0 Å². The zero-order valence-corrected chi connectivity index (χ0v) is 15.1. The summed E-state index contributed by atoms with van der Waals surface area (Å²) in [6.45, 7) is 1.23. The summed E-state index contributed by atoms with van der Waals surface area (Å²) < 4.78 is 5.19. The maximum atomic E-state index is 13.2. The number of rotatable bonds is 4. The molecular weight excluding hydrogens is 352 g/mol. The van der Waals surface area contributed by atoms with Crippen molar-refractivity contribution in [2.24, 2.45) is 4.99 Å². The van der Waals surface area contributed by atoms with Crippen LogP contribution in [-0.4, -0.2) is 39.7 Å². The average molecular weight is 370 g/mol. The van der Waals surface area contributed by atoms with Crippen molar-refractivity contribution in [2.45, 2.75) is 6.42 Å². The lowest BCUT2D eigenvalue weighted by molar-refractivity contribution is 0.0856. The minimum atomic E-state index is -0.0686. The van der Waals surface area contributed by atoms with Gasteiger partial charge in [0.05, 0.1) is 24.6 Å². The van der Waals surface area contributed by atoms with Crippen molar-refractivity contribution in [3.8, 4) is 11.1 Å². The number of hydrogen-bond acceptors (Lipinski definition) is 4. The third-order valence-electron chi connectivity index (χ3n) is 4.99. The summed E-state index contributed by atoms with van der Waals surface area (Å²) in [5.74, 6) is 0.737. The molecule has 0 saturated carbocycles. The number of carbonyl (C=O) groups excluding carboxylic acids is 1. The van der Waals surface area contributed by atoms with E-state index in [1.807, 2.05) is 48.7 Å². The van der Waals surface area contributed by atoms with Crippen LogP contribution in [0.1, 0.15) is 15.9 Å². The summed E-state index contributed by atoms with van der Waals surface area (Å²) in [6.07, 6.45) is 7.47. The molecule has 138 valence electrons. The molecule has 0 aliphatic carbocycles. The molecule has 0 unspecified atom stereocenters. The zero-order chi connectivity index (χ0) is 18.9. The van der Waals surface area contributed by atoms with Crippen LogP contribution in [-0.2, 0) is 6.42 Å². The van der Waals surface area contributed by atoms with Crippen LogP contribution in [0.2, 0.25) is 0 Å². The number of hydrogen-bond donors (Lipinski definition) is 1. The average Bonchev–Trinajstić information content (AvgIpc) is 3.48. The fourth-order valence-electron chi connectivity index (χ4n) is 3.57. The molecule has 0 saturated heterocycles. The highest BCUT2D eigenvalue weighted by Gasteiger charge is 2.25. The maximum Gasteiger partial charge on any atom is 0.260 e. The van der Waals surface area contributed by atoms with Gasteiger partial charge in [0.15, 0.2) is 0 Å². The number of furan rings is 1.